The van der Waals surface area contributed by atoms with Crippen LogP contribution in [-0.2, 0) is 8.98 Å². The number of amides is 1. The highest BCUT2D eigenvalue weighted by atomic mass is 32.3. The fourth-order valence-electron chi connectivity index (χ4n) is 2.44. The van der Waals surface area contributed by atoms with Crippen molar-refractivity contribution in [2.24, 2.45) is 0 Å². The van der Waals surface area contributed by atoms with E-state index in [2.05, 4.69) is 48.6 Å². The minimum atomic E-state index is -1.24. The first-order valence-electron chi connectivity index (χ1n) is 10.1. The Morgan fingerprint density at radius 2 is 1.75 bits per heavy atom. The summed E-state index contributed by atoms with van der Waals surface area (Å²) < 4.78 is 9.26. The van der Waals surface area contributed by atoms with Crippen LogP contribution in [0.1, 0.15) is 27.7 Å². The molecule has 176 valence electrons. The minimum absolute atomic E-state index is 0.000894. The van der Waals surface area contributed by atoms with Crippen LogP contribution >= 0.6 is 22.3 Å². The summed E-state index contributed by atoms with van der Waals surface area (Å²) in [6, 6.07) is 12.3. The SMILES string of the molecule is CC(=O)Nc1ccc(SNc2ccc(NCCOS(C)(C)C(C)(C)C)c([N+](=O)[O-])c2)cc1. The number of carbonyl (C=O) groups excluding carboxylic acids is 1. The molecule has 0 aromatic heterocycles. The number of hydrogen-bond donors (Lipinski definition) is 3. The lowest BCUT2D eigenvalue weighted by Crippen LogP contribution is -2.26. The molecular weight excluding hydrogens is 448 g/mol. The Labute approximate surface area is 195 Å². The predicted molar refractivity (Wildman–Crippen MR) is 137 cm³/mol. The molecule has 0 saturated carbocycles. The van der Waals surface area contributed by atoms with Crippen LogP contribution in [0.25, 0.3) is 0 Å². The third-order valence-corrected chi connectivity index (χ3v) is 9.48. The Morgan fingerprint density at radius 1 is 1.12 bits per heavy atom. The van der Waals surface area contributed by atoms with Gasteiger partial charge in [-0.2, -0.15) is 0 Å². The monoisotopic (exact) mass is 480 g/mol. The molecule has 0 aliphatic rings. The summed E-state index contributed by atoms with van der Waals surface area (Å²) in [5, 5.41) is 17.4. The van der Waals surface area contributed by atoms with Gasteiger partial charge in [0.2, 0.25) is 5.91 Å². The first-order valence-corrected chi connectivity index (χ1v) is 13.3. The highest BCUT2D eigenvalue weighted by Crippen LogP contribution is 2.53. The van der Waals surface area contributed by atoms with Crippen molar-refractivity contribution >= 4 is 50.9 Å². The van der Waals surface area contributed by atoms with Crippen LogP contribution < -0.4 is 15.4 Å². The lowest BCUT2D eigenvalue weighted by Gasteiger charge is -2.43. The third-order valence-electron chi connectivity index (χ3n) is 4.93. The second-order valence-corrected chi connectivity index (χ2v) is 13.3. The van der Waals surface area contributed by atoms with E-state index in [1.54, 1.807) is 24.3 Å². The van der Waals surface area contributed by atoms with Crippen molar-refractivity contribution in [2.45, 2.75) is 37.3 Å². The zero-order valence-electron chi connectivity index (χ0n) is 19.4. The Bertz CT molecular complexity index is 944. The predicted octanol–water partition coefficient (Wildman–Crippen LogP) is 5.88. The molecule has 8 nitrogen and oxygen atoms in total. The van der Waals surface area contributed by atoms with Crippen LogP contribution in [0.5, 0.6) is 0 Å². The van der Waals surface area contributed by atoms with Gasteiger partial charge in [-0.05, 0) is 60.9 Å². The van der Waals surface area contributed by atoms with Gasteiger partial charge in [0.25, 0.3) is 5.69 Å². The van der Waals surface area contributed by atoms with Crippen LogP contribution in [0.15, 0.2) is 47.4 Å². The summed E-state index contributed by atoms with van der Waals surface area (Å²) in [6.45, 7) is 8.87. The number of rotatable bonds is 10. The maximum absolute atomic E-state index is 11.6. The number of hydrogen-bond acceptors (Lipinski definition) is 7. The van der Waals surface area contributed by atoms with E-state index in [1.165, 1.54) is 24.9 Å². The summed E-state index contributed by atoms with van der Waals surface area (Å²) in [5.41, 5.74) is 1.79. The largest absolute Gasteiger partial charge is 0.377 e. The Morgan fingerprint density at radius 3 is 2.31 bits per heavy atom. The fraction of sp³-hybridized carbons (Fsp3) is 0.409. The quantitative estimate of drug-likeness (QED) is 0.169. The molecule has 32 heavy (non-hydrogen) atoms. The summed E-state index contributed by atoms with van der Waals surface area (Å²) in [5.74, 6) is -0.129. The van der Waals surface area contributed by atoms with Crippen LogP contribution in [0.2, 0.25) is 0 Å². The van der Waals surface area contributed by atoms with E-state index in [9.17, 15) is 14.9 Å². The number of nitrogens with one attached hydrogen (secondary N) is 3. The van der Waals surface area contributed by atoms with Crippen LogP contribution in [0, 0.1) is 10.1 Å². The zero-order valence-corrected chi connectivity index (χ0v) is 21.0. The Balaban J connectivity index is 1.96. The first-order chi connectivity index (χ1) is 14.9. The summed E-state index contributed by atoms with van der Waals surface area (Å²) >= 11 is 1.33. The van der Waals surface area contributed by atoms with E-state index in [0.717, 1.165) is 4.90 Å². The lowest BCUT2D eigenvalue weighted by atomic mass is 10.2. The lowest BCUT2D eigenvalue weighted by molar-refractivity contribution is -0.383. The number of benzene rings is 2. The Hall–Kier alpha value is -2.43. The fourth-order valence-corrected chi connectivity index (χ4v) is 3.92. The average molecular weight is 481 g/mol. The van der Waals surface area contributed by atoms with Gasteiger partial charge in [0.15, 0.2) is 0 Å². The molecule has 0 aliphatic carbocycles. The molecule has 0 unspecified atom stereocenters. The van der Waals surface area contributed by atoms with Gasteiger partial charge < -0.3 is 19.5 Å². The highest BCUT2D eigenvalue weighted by molar-refractivity contribution is 8.29. The molecule has 0 fully saturated rings. The smallest absolute Gasteiger partial charge is 0.294 e. The standard InChI is InChI=1S/C22H32N4O4S2/c1-16(27)24-17-7-10-19(11-8-17)31-25-18-9-12-20(21(15-18)26(28)29)23-13-14-30-32(5,6)22(2,3)4/h7-12,15,23,25H,13-14H2,1-6H3,(H,24,27). The van der Waals surface area contributed by atoms with Crippen molar-refractivity contribution in [1.82, 2.24) is 0 Å². The maximum Gasteiger partial charge on any atom is 0.294 e. The van der Waals surface area contributed by atoms with Gasteiger partial charge >= 0.3 is 0 Å². The number of carbonyl (C=O) groups is 1. The van der Waals surface area contributed by atoms with Crippen molar-refractivity contribution in [3.63, 3.8) is 0 Å². The van der Waals surface area contributed by atoms with E-state index < -0.39 is 15.2 Å². The van der Waals surface area contributed by atoms with E-state index in [0.29, 0.717) is 30.2 Å². The summed E-state index contributed by atoms with van der Waals surface area (Å²) in [6.07, 6.45) is 4.25. The molecule has 2 aromatic carbocycles. The van der Waals surface area contributed by atoms with E-state index in [-0.39, 0.29) is 16.3 Å². The average Bonchev–Trinajstić information content (AvgIpc) is 2.69. The number of nitro benzene ring substituents is 1. The van der Waals surface area contributed by atoms with Crippen LogP contribution in [0.3, 0.4) is 0 Å². The molecular formula is C22H32N4O4S2. The van der Waals surface area contributed by atoms with Crippen molar-refractivity contribution in [3.05, 3.63) is 52.6 Å². The van der Waals surface area contributed by atoms with Gasteiger partial charge in [0.1, 0.15) is 5.69 Å². The molecule has 0 aliphatic heterocycles. The van der Waals surface area contributed by atoms with Gasteiger partial charge in [-0.1, -0.05) is 20.8 Å². The maximum atomic E-state index is 11.6. The van der Waals surface area contributed by atoms with Crippen molar-refractivity contribution in [2.75, 3.05) is 41.0 Å². The molecule has 0 saturated heterocycles. The first kappa shape index (κ1) is 25.8. The second kappa shape index (κ2) is 10.9. The van der Waals surface area contributed by atoms with E-state index in [4.69, 9.17) is 4.18 Å². The molecule has 10 heteroatoms. The second-order valence-electron chi connectivity index (χ2n) is 8.49. The molecule has 3 N–H and O–H groups in total. The van der Waals surface area contributed by atoms with Crippen molar-refractivity contribution in [1.29, 1.82) is 0 Å². The van der Waals surface area contributed by atoms with Gasteiger partial charge in [-0.15, -0.1) is 10.3 Å². The molecule has 1 amide bonds. The number of nitrogens with zero attached hydrogens (tertiary/aromatic N) is 1. The molecule has 0 atom stereocenters. The van der Waals surface area contributed by atoms with Crippen LogP contribution in [-0.4, -0.2) is 41.2 Å². The molecule has 0 spiro atoms. The summed E-state index contributed by atoms with van der Waals surface area (Å²) in [4.78, 5) is 23.2. The number of nitro groups is 1. The zero-order chi connectivity index (χ0) is 23.9. The minimum Gasteiger partial charge on any atom is -0.377 e. The molecule has 0 bridgehead atoms. The number of anilines is 3. The highest BCUT2D eigenvalue weighted by Gasteiger charge is 2.28. The molecule has 0 heterocycles. The normalized spacial score (nSPS) is 12.2. The van der Waals surface area contributed by atoms with Crippen LogP contribution in [0.4, 0.5) is 22.7 Å². The van der Waals surface area contributed by atoms with E-state index in [1.807, 2.05) is 12.1 Å². The topological polar surface area (TPSA) is 106 Å². The van der Waals surface area contributed by atoms with Gasteiger partial charge in [0.05, 0.1) is 17.2 Å². The van der Waals surface area contributed by atoms with Gasteiger partial charge in [-0.3, -0.25) is 14.9 Å². The Kier molecular flexibility index (Phi) is 8.82. The van der Waals surface area contributed by atoms with Crippen molar-refractivity contribution in [3.8, 4) is 0 Å². The van der Waals surface area contributed by atoms with Gasteiger partial charge in [0, 0.05) is 34.9 Å². The molecule has 2 aromatic rings. The summed E-state index contributed by atoms with van der Waals surface area (Å²) in [7, 11) is -1.24. The van der Waals surface area contributed by atoms with Crippen molar-refractivity contribution < 1.29 is 13.9 Å². The third kappa shape index (κ3) is 7.61. The van der Waals surface area contributed by atoms with E-state index >= 15 is 0 Å². The molecule has 2 rings (SSSR count). The van der Waals surface area contributed by atoms with Gasteiger partial charge in [-0.25, -0.2) is 0 Å². The molecule has 0 radical (unpaired) electrons.